The second-order valence-electron chi connectivity index (χ2n) is 4.91. The van der Waals surface area contributed by atoms with Crippen LogP contribution >= 0.6 is 0 Å². The lowest BCUT2D eigenvalue weighted by Gasteiger charge is -2.49. The van der Waals surface area contributed by atoms with Gasteiger partial charge < -0.3 is 15.2 Å². The Bertz CT molecular complexity index is 271. The molecule has 2 N–H and O–H groups in total. The fourth-order valence-electron chi connectivity index (χ4n) is 1.75. The molecule has 2 atom stereocenters. The highest BCUT2D eigenvalue weighted by Gasteiger charge is 2.47. The summed E-state index contributed by atoms with van der Waals surface area (Å²) in [7, 11) is 0. The van der Waals surface area contributed by atoms with Crippen molar-refractivity contribution < 1.29 is 23.4 Å². The third-order valence-corrected chi connectivity index (χ3v) is 3.27. The molecule has 100 valence electrons. The Balaban J connectivity index is 2.14. The van der Waals surface area contributed by atoms with Gasteiger partial charge in [0, 0.05) is 17.9 Å². The number of alkyl halides is 2. The van der Waals surface area contributed by atoms with Gasteiger partial charge in [0.15, 0.2) is 0 Å². The Morgan fingerprint density at radius 1 is 1.59 bits per heavy atom. The number of amides is 1. The third kappa shape index (κ3) is 3.89. The van der Waals surface area contributed by atoms with Crippen LogP contribution in [-0.2, 0) is 9.53 Å². The summed E-state index contributed by atoms with van der Waals surface area (Å²) in [5, 5.41) is 12.2. The number of hydrogen-bond acceptors (Lipinski definition) is 3. The van der Waals surface area contributed by atoms with Gasteiger partial charge in [-0.2, -0.15) is 0 Å². The predicted octanol–water partition coefficient (Wildman–Crippen LogP) is 0.934. The van der Waals surface area contributed by atoms with E-state index in [0.29, 0.717) is 6.42 Å². The Kier molecular flexibility index (Phi) is 4.82. The van der Waals surface area contributed by atoms with Crippen LogP contribution in [0.15, 0.2) is 0 Å². The Labute approximate surface area is 99.3 Å². The van der Waals surface area contributed by atoms with E-state index < -0.39 is 19.1 Å². The first-order valence-electron chi connectivity index (χ1n) is 5.67. The molecule has 0 aliphatic heterocycles. The lowest BCUT2D eigenvalue weighted by molar-refractivity contribution is -0.130. The average molecular weight is 251 g/mol. The molecule has 0 aromatic heterocycles. The Morgan fingerprint density at radius 2 is 2.24 bits per heavy atom. The molecule has 1 rings (SSSR count). The van der Waals surface area contributed by atoms with Gasteiger partial charge in [-0.1, -0.05) is 13.8 Å². The summed E-state index contributed by atoms with van der Waals surface area (Å²) < 4.78 is 28.1. The summed E-state index contributed by atoms with van der Waals surface area (Å²) in [6.45, 7) is 3.10. The summed E-state index contributed by atoms with van der Waals surface area (Å²) in [4.78, 5) is 11.4. The molecule has 0 saturated heterocycles. The van der Waals surface area contributed by atoms with E-state index in [0.717, 1.165) is 0 Å². The summed E-state index contributed by atoms with van der Waals surface area (Å²) in [6, 6.07) is -0.0555. The lowest BCUT2D eigenvalue weighted by Crippen LogP contribution is -2.61. The van der Waals surface area contributed by atoms with Crippen LogP contribution in [0.3, 0.4) is 0 Å². The molecule has 1 aliphatic carbocycles. The zero-order chi connectivity index (χ0) is 13.1. The van der Waals surface area contributed by atoms with Crippen molar-refractivity contribution in [3.8, 4) is 0 Å². The molecule has 0 bridgehead atoms. The van der Waals surface area contributed by atoms with Crippen molar-refractivity contribution in [1.29, 1.82) is 0 Å². The van der Waals surface area contributed by atoms with Gasteiger partial charge >= 0.3 is 0 Å². The molecule has 4 nitrogen and oxygen atoms in total. The van der Waals surface area contributed by atoms with Crippen molar-refractivity contribution in [1.82, 2.24) is 5.32 Å². The maximum atomic E-state index is 11.7. The Morgan fingerprint density at radius 3 is 2.71 bits per heavy atom. The molecule has 1 fully saturated rings. The van der Waals surface area contributed by atoms with Crippen LogP contribution in [0.1, 0.15) is 26.7 Å². The summed E-state index contributed by atoms with van der Waals surface area (Å²) in [6.07, 6.45) is -2.30. The van der Waals surface area contributed by atoms with E-state index in [-0.39, 0.29) is 30.4 Å². The van der Waals surface area contributed by atoms with Crippen molar-refractivity contribution in [3.05, 3.63) is 0 Å². The Hall–Kier alpha value is -0.750. The fraction of sp³-hybridized carbons (Fsp3) is 0.909. The smallest absolute Gasteiger partial charge is 0.261 e. The van der Waals surface area contributed by atoms with Crippen LogP contribution in [0, 0.1) is 5.41 Å². The van der Waals surface area contributed by atoms with E-state index >= 15 is 0 Å². The molecule has 1 amide bonds. The fourth-order valence-corrected chi connectivity index (χ4v) is 1.75. The van der Waals surface area contributed by atoms with E-state index in [2.05, 4.69) is 10.1 Å². The number of ether oxygens (including phenoxy) is 1. The van der Waals surface area contributed by atoms with Crippen LogP contribution in [0.25, 0.3) is 0 Å². The van der Waals surface area contributed by atoms with Crippen LogP contribution in [0.2, 0.25) is 0 Å². The highest BCUT2D eigenvalue weighted by molar-refractivity contribution is 5.76. The van der Waals surface area contributed by atoms with Crippen molar-refractivity contribution in [3.63, 3.8) is 0 Å². The quantitative estimate of drug-likeness (QED) is 0.691. The topological polar surface area (TPSA) is 58.6 Å². The maximum Gasteiger partial charge on any atom is 0.261 e. The first kappa shape index (κ1) is 14.3. The lowest BCUT2D eigenvalue weighted by atomic mass is 9.64. The third-order valence-electron chi connectivity index (χ3n) is 3.27. The predicted molar refractivity (Wildman–Crippen MR) is 57.8 cm³/mol. The molecule has 1 saturated carbocycles. The van der Waals surface area contributed by atoms with Crippen molar-refractivity contribution in [2.45, 2.75) is 45.3 Å². The minimum absolute atomic E-state index is 0.00806. The molecule has 0 heterocycles. The number of halogens is 2. The highest BCUT2D eigenvalue weighted by Crippen LogP contribution is 2.40. The number of aliphatic hydroxyl groups is 1. The maximum absolute atomic E-state index is 11.7. The minimum Gasteiger partial charge on any atom is -0.392 e. The van der Waals surface area contributed by atoms with E-state index in [1.807, 2.05) is 13.8 Å². The molecule has 6 heteroatoms. The number of nitrogens with one attached hydrogen (secondary N) is 1. The van der Waals surface area contributed by atoms with Gasteiger partial charge in [-0.05, 0) is 6.42 Å². The first-order valence-corrected chi connectivity index (χ1v) is 5.67. The van der Waals surface area contributed by atoms with Crippen molar-refractivity contribution in [2.24, 2.45) is 5.41 Å². The van der Waals surface area contributed by atoms with Gasteiger partial charge in [-0.25, -0.2) is 8.78 Å². The van der Waals surface area contributed by atoms with Gasteiger partial charge in [0.1, 0.15) is 6.61 Å². The van der Waals surface area contributed by atoms with Gasteiger partial charge in [0.25, 0.3) is 6.43 Å². The molecule has 2 unspecified atom stereocenters. The van der Waals surface area contributed by atoms with Gasteiger partial charge in [-0.3, -0.25) is 4.79 Å². The van der Waals surface area contributed by atoms with E-state index in [1.54, 1.807) is 0 Å². The number of aliphatic hydroxyl groups excluding tert-OH is 1. The molecule has 0 aromatic carbocycles. The van der Waals surface area contributed by atoms with Gasteiger partial charge in [0.2, 0.25) is 5.91 Å². The number of carbonyl (C=O) groups is 1. The molecule has 0 spiro atoms. The molecule has 1 aliphatic rings. The average Bonchev–Trinajstić information content (AvgIpc) is 2.24. The molecule has 17 heavy (non-hydrogen) atoms. The summed E-state index contributed by atoms with van der Waals surface area (Å²) >= 11 is 0. The van der Waals surface area contributed by atoms with Crippen LogP contribution in [0.4, 0.5) is 8.78 Å². The number of rotatable bonds is 6. The van der Waals surface area contributed by atoms with Crippen molar-refractivity contribution in [2.75, 3.05) is 13.2 Å². The molecule has 0 radical (unpaired) electrons. The van der Waals surface area contributed by atoms with Gasteiger partial charge in [-0.15, -0.1) is 0 Å². The normalized spacial score (nSPS) is 26.7. The minimum atomic E-state index is -2.50. The molecular weight excluding hydrogens is 232 g/mol. The van der Waals surface area contributed by atoms with E-state index in [9.17, 15) is 18.7 Å². The highest BCUT2D eigenvalue weighted by atomic mass is 19.3. The molecular formula is C11H19F2NO3. The molecule has 0 aromatic rings. The number of hydrogen-bond donors (Lipinski definition) is 2. The number of carbonyl (C=O) groups excluding carboxylic acids is 1. The van der Waals surface area contributed by atoms with Crippen LogP contribution in [0.5, 0.6) is 0 Å². The summed E-state index contributed by atoms with van der Waals surface area (Å²) in [5.41, 5.74) is -0.320. The van der Waals surface area contributed by atoms with E-state index in [1.165, 1.54) is 0 Å². The second kappa shape index (κ2) is 5.73. The largest absolute Gasteiger partial charge is 0.392 e. The monoisotopic (exact) mass is 251 g/mol. The van der Waals surface area contributed by atoms with Crippen LogP contribution < -0.4 is 5.32 Å². The van der Waals surface area contributed by atoms with Gasteiger partial charge in [0.05, 0.1) is 12.7 Å². The SMILES string of the molecule is CC1(C)C(O)CC1NC(=O)CCOCC(F)F. The zero-order valence-corrected chi connectivity index (χ0v) is 10.1. The zero-order valence-electron chi connectivity index (χ0n) is 10.1. The first-order chi connectivity index (χ1) is 7.84. The van der Waals surface area contributed by atoms with Crippen LogP contribution in [-0.4, -0.2) is 42.8 Å². The summed E-state index contributed by atoms with van der Waals surface area (Å²) in [5.74, 6) is -0.232. The van der Waals surface area contributed by atoms with E-state index in [4.69, 9.17) is 0 Å². The second-order valence-corrected chi connectivity index (χ2v) is 4.91. The van der Waals surface area contributed by atoms with Crippen molar-refractivity contribution >= 4 is 5.91 Å². The standard InChI is InChI=1S/C11H19F2NO3/c1-11(2)7(5-8(11)15)14-10(16)3-4-17-6-9(12)13/h7-9,15H,3-6H2,1-2H3,(H,14,16).